The summed E-state index contributed by atoms with van der Waals surface area (Å²) in [5.74, 6) is -0.0402. The minimum Gasteiger partial charge on any atom is -0.294 e. The first-order chi connectivity index (χ1) is 10.7. The quantitative estimate of drug-likeness (QED) is 0.782. The molecule has 0 radical (unpaired) electrons. The van der Waals surface area contributed by atoms with E-state index in [4.69, 9.17) is 0 Å². The van der Waals surface area contributed by atoms with E-state index in [-0.39, 0.29) is 11.9 Å². The van der Waals surface area contributed by atoms with Gasteiger partial charge in [0.05, 0.1) is 0 Å². The maximum atomic E-state index is 12.8. The van der Waals surface area contributed by atoms with Crippen LogP contribution in [-0.4, -0.2) is 16.1 Å². The Morgan fingerprint density at radius 2 is 1.95 bits per heavy atom. The highest BCUT2D eigenvalue weighted by atomic mass is 32.1. The van der Waals surface area contributed by atoms with Crippen LogP contribution in [0.4, 0.5) is 5.69 Å². The van der Waals surface area contributed by atoms with Gasteiger partial charge in [0.15, 0.2) is 5.69 Å². The topological polar surface area (TPSA) is 49.0 Å². The Morgan fingerprint density at radius 3 is 2.64 bits per heavy atom. The van der Waals surface area contributed by atoms with E-state index in [9.17, 15) is 4.79 Å². The monoisotopic (exact) mass is 309 g/mol. The molecule has 4 nitrogen and oxygen atoms in total. The summed E-state index contributed by atoms with van der Waals surface area (Å²) in [5, 5.41) is 9.21. The number of rotatable bonds is 2. The molecule has 3 heterocycles. The number of hydrogen-bond acceptors (Lipinski definition) is 3. The van der Waals surface area contributed by atoms with Gasteiger partial charge in [-0.2, -0.15) is 5.10 Å². The van der Waals surface area contributed by atoms with Crippen molar-refractivity contribution in [3.63, 3.8) is 0 Å². The zero-order chi connectivity index (χ0) is 15.3. The molecule has 0 spiro atoms. The summed E-state index contributed by atoms with van der Waals surface area (Å²) in [4.78, 5) is 15.9. The van der Waals surface area contributed by atoms with Crippen LogP contribution in [-0.2, 0) is 0 Å². The zero-order valence-electron chi connectivity index (χ0n) is 12.3. The maximum absolute atomic E-state index is 12.8. The Morgan fingerprint density at radius 1 is 1.18 bits per heavy atom. The van der Waals surface area contributed by atoms with Crippen LogP contribution in [0.3, 0.4) is 0 Å². The second-order valence-electron chi connectivity index (χ2n) is 5.54. The second-order valence-corrected chi connectivity index (χ2v) is 6.52. The summed E-state index contributed by atoms with van der Waals surface area (Å²) in [5.41, 5.74) is 4.57. The van der Waals surface area contributed by atoms with Gasteiger partial charge in [0.2, 0.25) is 0 Å². The van der Waals surface area contributed by atoms with Gasteiger partial charge in [0, 0.05) is 21.8 Å². The molecule has 1 unspecified atom stereocenters. The SMILES string of the molecule is Cc1ccc(N2C(=O)c3n[nH]c(C)c3C2c2cccs2)cc1. The molecule has 0 saturated carbocycles. The number of carbonyl (C=O) groups excluding carboxylic acids is 1. The number of aryl methyl sites for hydroxylation is 2. The molecular weight excluding hydrogens is 294 g/mol. The third-order valence-electron chi connectivity index (χ3n) is 4.07. The van der Waals surface area contributed by atoms with E-state index < -0.39 is 0 Å². The number of amides is 1. The van der Waals surface area contributed by atoms with Gasteiger partial charge in [-0.25, -0.2) is 0 Å². The van der Waals surface area contributed by atoms with E-state index >= 15 is 0 Å². The van der Waals surface area contributed by atoms with E-state index in [1.165, 1.54) is 5.56 Å². The molecule has 0 fully saturated rings. The lowest BCUT2D eigenvalue weighted by Crippen LogP contribution is -2.28. The van der Waals surface area contributed by atoms with Crippen LogP contribution in [0.2, 0.25) is 0 Å². The van der Waals surface area contributed by atoms with Crippen molar-refractivity contribution in [1.29, 1.82) is 0 Å². The number of nitrogens with one attached hydrogen (secondary N) is 1. The summed E-state index contributed by atoms with van der Waals surface area (Å²) in [7, 11) is 0. The number of aromatic nitrogens is 2. The van der Waals surface area contributed by atoms with Crippen molar-refractivity contribution in [3.8, 4) is 0 Å². The predicted octanol–water partition coefficient (Wildman–Crippen LogP) is 3.84. The van der Waals surface area contributed by atoms with Gasteiger partial charge in [-0.1, -0.05) is 23.8 Å². The number of hydrogen-bond donors (Lipinski definition) is 1. The molecule has 2 aromatic heterocycles. The molecule has 0 saturated heterocycles. The number of fused-ring (bicyclic) bond motifs is 1. The highest BCUT2D eigenvalue weighted by molar-refractivity contribution is 7.10. The van der Waals surface area contributed by atoms with Crippen molar-refractivity contribution in [3.05, 3.63) is 69.2 Å². The van der Waals surface area contributed by atoms with Crippen LogP contribution in [0.15, 0.2) is 41.8 Å². The highest BCUT2D eigenvalue weighted by Gasteiger charge is 2.42. The molecule has 0 aliphatic carbocycles. The van der Waals surface area contributed by atoms with E-state index in [2.05, 4.69) is 16.3 Å². The van der Waals surface area contributed by atoms with E-state index in [0.29, 0.717) is 5.69 Å². The Hall–Kier alpha value is -2.40. The minimum absolute atomic E-state index is 0.0402. The van der Waals surface area contributed by atoms with Crippen molar-refractivity contribution in [2.24, 2.45) is 0 Å². The van der Waals surface area contributed by atoms with Crippen LogP contribution in [0.1, 0.15) is 38.2 Å². The van der Waals surface area contributed by atoms with Crippen molar-refractivity contribution in [1.82, 2.24) is 10.2 Å². The number of aromatic amines is 1. The molecule has 1 N–H and O–H groups in total. The summed E-state index contributed by atoms with van der Waals surface area (Å²) >= 11 is 1.66. The maximum Gasteiger partial charge on any atom is 0.280 e. The third-order valence-corrected chi connectivity index (χ3v) is 5.00. The lowest BCUT2D eigenvalue weighted by molar-refractivity contribution is 0.0989. The van der Waals surface area contributed by atoms with Crippen LogP contribution in [0.25, 0.3) is 0 Å². The summed E-state index contributed by atoms with van der Waals surface area (Å²) in [6.45, 7) is 4.01. The molecule has 0 bridgehead atoms. The average Bonchev–Trinajstić information content (AvgIpc) is 3.20. The third kappa shape index (κ3) is 1.82. The van der Waals surface area contributed by atoms with Crippen LogP contribution < -0.4 is 4.90 Å². The van der Waals surface area contributed by atoms with Crippen molar-refractivity contribution >= 4 is 22.9 Å². The van der Waals surface area contributed by atoms with Gasteiger partial charge < -0.3 is 0 Å². The summed E-state index contributed by atoms with van der Waals surface area (Å²) in [6.07, 6.45) is 0. The minimum atomic E-state index is -0.0936. The van der Waals surface area contributed by atoms with Gasteiger partial charge in [-0.3, -0.25) is 14.8 Å². The first kappa shape index (κ1) is 13.3. The molecule has 1 atom stereocenters. The molecule has 1 aliphatic heterocycles. The molecule has 22 heavy (non-hydrogen) atoms. The molecule has 1 aliphatic rings. The van der Waals surface area contributed by atoms with Crippen molar-refractivity contribution < 1.29 is 4.79 Å². The standard InChI is InChI=1S/C17H15N3OS/c1-10-5-7-12(8-6-10)20-16(13-4-3-9-22-13)14-11(2)18-19-15(14)17(20)21/h3-9,16H,1-2H3,(H,18,19). The molecule has 4 rings (SSSR count). The van der Waals surface area contributed by atoms with Gasteiger partial charge in [-0.05, 0) is 37.4 Å². The lowest BCUT2D eigenvalue weighted by Gasteiger charge is -2.25. The van der Waals surface area contributed by atoms with Crippen LogP contribution >= 0.6 is 11.3 Å². The first-order valence-corrected chi connectivity index (χ1v) is 8.03. The molecule has 1 aromatic carbocycles. The lowest BCUT2D eigenvalue weighted by atomic mass is 10.1. The fourth-order valence-electron chi connectivity index (χ4n) is 2.98. The van der Waals surface area contributed by atoms with E-state index in [1.807, 2.05) is 54.5 Å². The normalized spacial score (nSPS) is 17.1. The first-order valence-electron chi connectivity index (χ1n) is 7.15. The van der Waals surface area contributed by atoms with Gasteiger partial charge in [0.25, 0.3) is 5.91 Å². The average molecular weight is 309 g/mol. The molecule has 3 aromatic rings. The molecule has 110 valence electrons. The predicted molar refractivity (Wildman–Crippen MR) is 87.5 cm³/mol. The fourth-order valence-corrected chi connectivity index (χ4v) is 3.81. The summed E-state index contributed by atoms with van der Waals surface area (Å²) in [6, 6.07) is 12.1. The molecule has 1 amide bonds. The fraction of sp³-hybridized carbons (Fsp3) is 0.176. The van der Waals surface area contributed by atoms with Crippen LogP contribution in [0, 0.1) is 13.8 Å². The number of nitrogens with zero attached hydrogens (tertiary/aromatic N) is 2. The smallest absolute Gasteiger partial charge is 0.280 e. The highest BCUT2D eigenvalue weighted by Crippen LogP contribution is 2.43. The second kappa shape index (κ2) is 4.81. The van der Waals surface area contributed by atoms with Gasteiger partial charge in [0.1, 0.15) is 6.04 Å². The molecule has 5 heteroatoms. The summed E-state index contributed by atoms with van der Waals surface area (Å²) < 4.78 is 0. The number of carbonyl (C=O) groups is 1. The van der Waals surface area contributed by atoms with Gasteiger partial charge >= 0.3 is 0 Å². The zero-order valence-corrected chi connectivity index (χ0v) is 13.1. The Kier molecular flexibility index (Phi) is 2.90. The number of H-pyrrole nitrogens is 1. The Balaban J connectivity index is 1.90. The van der Waals surface area contributed by atoms with Crippen molar-refractivity contribution in [2.75, 3.05) is 4.90 Å². The van der Waals surface area contributed by atoms with Crippen molar-refractivity contribution in [2.45, 2.75) is 19.9 Å². The number of benzene rings is 1. The van der Waals surface area contributed by atoms with E-state index in [0.717, 1.165) is 21.8 Å². The largest absolute Gasteiger partial charge is 0.294 e. The number of anilines is 1. The Bertz CT molecular complexity index is 833. The molecular formula is C17H15N3OS. The number of thiophene rings is 1. The van der Waals surface area contributed by atoms with Crippen LogP contribution in [0.5, 0.6) is 0 Å². The Labute approximate surface area is 132 Å². The van der Waals surface area contributed by atoms with Gasteiger partial charge in [-0.15, -0.1) is 11.3 Å². The van der Waals surface area contributed by atoms with E-state index in [1.54, 1.807) is 11.3 Å².